The van der Waals surface area contributed by atoms with Gasteiger partial charge >= 0.3 is 0 Å². The maximum atomic E-state index is 9.79. The van der Waals surface area contributed by atoms with Crippen molar-refractivity contribution in [3.63, 3.8) is 0 Å². The fourth-order valence-electron chi connectivity index (χ4n) is 3.14. The number of hydrogen-bond donors (Lipinski definition) is 1. The number of benzene rings is 3. The first-order valence-electron chi connectivity index (χ1n) is 9.01. The van der Waals surface area contributed by atoms with Crippen LogP contribution >= 0.6 is 0 Å². The van der Waals surface area contributed by atoms with Crippen LogP contribution in [-0.2, 0) is 0 Å². The summed E-state index contributed by atoms with van der Waals surface area (Å²) in [5.74, 6) is 1.34. The largest absolute Gasteiger partial charge is 0.493 e. The molecule has 0 radical (unpaired) electrons. The average molecular weight is 353 g/mol. The average Bonchev–Trinajstić information content (AvgIpc) is 3.14. The molecule has 4 nitrogen and oxygen atoms in total. The fraction of sp³-hybridized carbons (Fsp3) is 0.130. The number of H-pyrrole nitrogens is 1. The first-order chi connectivity index (χ1) is 13.3. The summed E-state index contributed by atoms with van der Waals surface area (Å²) in [7, 11) is 0. The number of para-hydroxylation sites is 2. The summed E-state index contributed by atoms with van der Waals surface area (Å²) < 4.78 is 5.95. The number of imidazole rings is 1. The lowest BCUT2D eigenvalue weighted by molar-refractivity contribution is 0.317. The number of nitriles is 1. The first-order valence-corrected chi connectivity index (χ1v) is 9.01. The minimum Gasteiger partial charge on any atom is -0.493 e. The number of aromatic amines is 1. The molecule has 1 N–H and O–H groups in total. The van der Waals surface area contributed by atoms with E-state index in [1.807, 2.05) is 60.7 Å². The van der Waals surface area contributed by atoms with Crippen LogP contribution in [0.2, 0.25) is 0 Å². The molecule has 132 valence electrons. The number of aromatic nitrogens is 2. The number of nitrogens with one attached hydrogen (secondary N) is 1. The molecule has 0 atom stereocenters. The Bertz CT molecular complexity index is 1150. The molecule has 0 saturated carbocycles. The normalized spacial score (nSPS) is 11.6. The van der Waals surface area contributed by atoms with E-state index in [1.165, 1.54) is 0 Å². The van der Waals surface area contributed by atoms with Crippen LogP contribution in [-0.4, -0.2) is 16.6 Å². The summed E-state index contributed by atoms with van der Waals surface area (Å²) in [5.41, 5.74) is 3.13. The van der Waals surface area contributed by atoms with Crippen molar-refractivity contribution in [1.82, 2.24) is 9.97 Å². The van der Waals surface area contributed by atoms with E-state index in [1.54, 1.807) is 0 Å². The predicted molar refractivity (Wildman–Crippen MR) is 109 cm³/mol. The molecular weight excluding hydrogens is 334 g/mol. The monoisotopic (exact) mass is 353 g/mol. The number of rotatable bonds is 5. The highest BCUT2D eigenvalue weighted by Gasteiger charge is 2.12. The number of ether oxygens (including phenoxy) is 1. The minimum absolute atomic E-state index is 0.476. The smallest absolute Gasteiger partial charge is 0.149 e. The molecule has 27 heavy (non-hydrogen) atoms. The van der Waals surface area contributed by atoms with E-state index in [0.29, 0.717) is 18.0 Å². The predicted octanol–water partition coefficient (Wildman–Crippen LogP) is 5.57. The lowest BCUT2D eigenvalue weighted by atomic mass is 10.0. The molecule has 0 unspecified atom stereocenters. The van der Waals surface area contributed by atoms with Crippen LogP contribution in [0.3, 0.4) is 0 Å². The fourth-order valence-corrected chi connectivity index (χ4v) is 3.14. The lowest BCUT2D eigenvalue weighted by Gasteiger charge is -2.11. The van der Waals surface area contributed by atoms with Gasteiger partial charge in [0, 0.05) is 5.56 Å². The van der Waals surface area contributed by atoms with Gasteiger partial charge < -0.3 is 9.72 Å². The second kappa shape index (κ2) is 7.35. The SMILES string of the molecule is CCCOc1ccc2ccccc2c1/C=C(/C#N)c1nc2ccccc2[nH]1. The van der Waals surface area contributed by atoms with Crippen LogP contribution in [0.15, 0.2) is 60.7 Å². The minimum atomic E-state index is 0.476. The molecule has 0 bridgehead atoms. The van der Waals surface area contributed by atoms with Crippen molar-refractivity contribution in [3.05, 3.63) is 72.1 Å². The molecule has 0 saturated heterocycles. The molecule has 0 aliphatic rings. The molecule has 0 fully saturated rings. The lowest BCUT2D eigenvalue weighted by Crippen LogP contribution is -1.98. The highest BCUT2D eigenvalue weighted by molar-refractivity contribution is 6.00. The summed E-state index contributed by atoms with van der Waals surface area (Å²) in [6.07, 6.45) is 2.79. The molecule has 4 rings (SSSR count). The molecule has 4 heteroatoms. The van der Waals surface area contributed by atoms with Gasteiger partial charge in [0.1, 0.15) is 17.6 Å². The Labute approximate surface area is 157 Å². The topological polar surface area (TPSA) is 61.7 Å². The zero-order valence-electron chi connectivity index (χ0n) is 15.1. The van der Waals surface area contributed by atoms with E-state index < -0.39 is 0 Å². The number of nitrogens with zero attached hydrogens (tertiary/aromatic N) is 2. The summed E-state index contributed by atoms with van der Waals surface area (Å²) in [6.45, 7) is 2.71. The Balaban J connectivity index is 1.89. The van der Waals surface area contributed by atoms with Gasteiger partial charge in [-0.15, -0.1) is 0 Å². The van der Waals surface area contributed by atoms with Gasteiger partial charge in [0.25, 0.3) is 0 Å². The summed E-state index contributed by atoms with van der Waals surface area (Å²) >= 11 is 0. The Morgan fingerprint density at radius 1 is 1.11 bits per heavy atom. The van der Waals surface area contributed by atoms with Gasteiger partial charge in [0.05, 0.1) is 23.2 Å². The molecule has 4 aromatic rings. The number of hydrogen-bond acceptors (Lipinski definition) is 3. The third-order valence-electron chi connectivity index (χ3n) is 4.45. The van der Waals surface area contributed by atoms with Crippen LogP contribution < -0.4 is 4.74 Å². The molecular formula is C23H19N3O. The van der Waals surface area contributed by atoms with Crippen LogP contribution in [0, 0.1) is 11.3 Å². The Morgan fingerprint density at radius 3 is 2.74 bits per heavy atom. The zero-order chi connectivity index (χ0) is 18.6. The van der Waals surface area contributed by atoms with Crippen molar-refractivity contribution in [1.29, 1.82) is 5.26 Å². The number of allylic oxidation sites excluding steroid dienone is 1. The quantitative estimate of drug-likeness (QED) is 0.477. The summed E-state index contributed by atoms with van der Waals surface area (Å²) in [5, 5.41) is 11.9. The van der Waals surface area contributed by atoms with Crippen molar-refractivity contribution in [2.45, 2.75) is 13.3 Å². The molecule has 1 heterocycles. The molecule has 0 aliphatic heterocycles. The Morgan fingerprint density at radius 2 is 1.93 bits per heavy atom. The van der Waals surface area contributed by atoms with Crippen molar-refractivity contribution in [2.24, 2.45) is 0 Å². The van der Waals surface area contributed by atoms with Crippen LogP contribution in [0.1, 0.15) is 24.7 Å². The molecule has 3 aromatic carbocycles. The van der Waals surface area contributed by atoms with Gasteiger partial charge in [-0.3, -0.25) is 0 Å². The standard InChI is InChI=1S/C23H19N3O/c1-2-13-27-22-12-11-16-7-3-4-8-18(16)19(22)14-17(15-24)23-25-20-9-5-6-10-21(20)26-23/h3-12,14H,2,13H2,1H3,(H,25,26)/b17-14-. The molecule has 0 aliphatic carbocycles. The van der Waals surface area contributed by atoms with Crippen LogP contribution in [0.25, 0.3) is 33.5 Å². The highest BCUT2D eigenvalue weighted by atomic mass is 16.5. The maximum absolute atomic E-state index is 9.79. The van der Waals surface area contributed by atoms with Gasteiger partial charge in [-0.05, 0) is 41.5 Å². The van der Waals surface area contributed by atoms with Crippen molar-refractivity contribution >= 4 is 33.5 Å². The summed E-state index contributed by atoms with van der Waals surface area (Å²) in [4.78, 5) is 7.80. The molecule has 0 spiro atoms. The van der Waals surface area contributed by atoms with Gasteiger partial charge in [0.2, 0.25) is 0 Å². The van der Waals surface area contributed by atoms with E-state index in [4.69, 9.17) is 4.74 Å². The van der Waals surface area contributed by atoms with Gasteiger partial charge in [-0.2, -0.15) is 5.26 Å². The zero-order valence-corrected chi connectivity index (χ0v) is 15.1. The van der Waals surface area contributed by atoms with Crippen molar-refractivity contribution in [2.75, 3.05) is 6.61 Å². The van der Waals surface area contributed by atoms with Crippen LogP contribution in [0.5, 0.6) is 5.75 Å². The first kappa shape index (κ1) is 16.9. The van der Waals surface area contributed by atoms with Crippen molar-refractivity contribution < 1.29 is 4.74 Å². The third-order valence-corrected chi connectivity index (χ3v) is 4.45. The van der Waals surface area contributed by atoms with Gasteiger partial charge in [-0.1, -0.05) is 49.4 Å². The molecule has 0 amide bonds. The molecule has 1 aromatic heterocycles. The van der Waals surface area contributed by atoms with Crippen LogP contribution in [0.4, 0.5) is 0 Å². The van der Waals surface area contributed by atoms with E-state index in [2.05, 4.69) is 29.0 Å². The van der Waals surface area contributed by atoms with Gasteiger partial charge in [0.15, 0.2) is 0 Å². The van der Waals surface area contributed by atoms with Gasteiger partial charge in [-0.25, -0.2) is 4.98 Å². The second-order valence-electron chi connectivity index (χ2n) is 6.32. The third kappa shape index (κ3) is 3.28. The second-order valence-corrected chi connectivity index (χ2v) is 6.32. The van der Waals surface area contributed by atoms with Crippen molar-refractivity contribution in [3.8, 4) is 11.8 Å². The Hall–Kier alpha value is -3.58. The van der Waals surface area contributed by atoms with E-state index in [0.717, 1.165) is 39.5 Å². The number of fused-ring (bicyclic) bond motifs is 2. The Kier molecular flexibility index (Phi) is 4.59. The maximum Gasteiger partial charge on any atom is 0.149 e. The van der Waals surface area contributed by atoms with E-state index >= 15 is 0 Å². The highest BCUT2D eigenvalue weighted by Crippen LogP contribution is 2.32. The van der Waals surface area contributed by atoms with E-state index in [-0.39, 0.29) is 0 Å². The van der Waals surface area contributed by atoms with E-state index in [9.17, 15) is 5.26 Å². The summed E-state index contributed by atoms with van der Waals surface area (Å²) in [6, 6.07) is 22.2.